The number of halogens is 1. The van der Waals surface area contributed by atoms with Crippen LogP contribution in [0.15, 0.2) is 32.7 Å². The van der Waals surface area contributed by atoms with Crippen LogP contribution in [0.3, 0.4) is 0 Å². The minimum absolute atomic E-state index is 0.757. The monoisotopic (exact) mass is 326 g/mol. The van der Waals surface area contributed by atoms with Gasteiger partial charge in [0.15, 0.2) is 0 Å². The SMILES string of the molecule is CCNCc1cc(Br)ccc1Sc1n[nH]c(C)n1. The van der Waals surface area contributed by atoms with Crippen molar-refractivity contribution in [1.29, 1.82) is 0 Å². The molecule has 2 N–H and O–H groups in total. The Balaban J connectivity index is 2.20. The fourth-order valence-electron chi connectivity index (χ4n) is 1.51. The summed E-state index contributed by atoms with van der Waals surface area (Å²) in [5.74, 6) is 0.836. The average molecular weight is 327 g/mol. The summed E-state index contributed by atoms with van der Waals surface area (Å²) in [6.45, 7) is 5.81. The second-order valence-electron chi connectivity index (χ2n) is 3.84. The van der Waals surface area contributed by atoms with Gasteiger partial charge in [-0.1, -0.05) is 22.9 Å². The largest absolute Gasteiger partial charge is 0.313 e. The fraction of sp³-hybridized carbons (Fsp3) is 0.333. The van der Waals surface area contributed by atoms with Crippen molar-refractivity contribution in [3.8, 4) is 0 Å². The van der Waals surface area contributed by atoms with Crippen LogP contribution in [0.5, 0.6) is 0 Å². The van der Waals surface area contributed by atoms with Gasteiger partial charge in [-0.2, -0.15) is 0 Å². The molecule has 4 nitrogen and oxygen atoms in total. The van der Waals surface area contributed by atoms with Crippen molar-refractivity contribution >= 4 is 27.7 Å². The molecule has 1 heterocycles. The summed E-state index contributed by atoms with van der Waals surface area (Å²) in [5, 5.41) is 11.1. The van der Waals surface area contributed by atoms with Gasteiger partial charge in [-0.15, -0.1) is 5.10 Å². The maximum Gasteiger partial charge on any atom is 0.213 e. The second-order valence-corrected chi connectivity index (χ2v) is 5.76. The van der Waals surface area contributed by atoms with E-state index in [1.54, 1.807) is 11.8 Å². The number of aromatic nitrogens is 3. The van der Waals surface area contributed by atoms with Crippen LogP contribution in [0.25, 0.3) is 0 Å². The molecule has 0 bridgehead atoms. The molecule has 0 atom stereocenters. The molecule has 0 aliphatic carbocycles. The predicted molar refractivity (Wildman–Crippen MR) is 76.8 cm³/mol. The van der Waals surface area contributed by atoms with Crippen LogP contribution in [0, 0.1) is 6.92 Å². The first kappa shape index (κ1) is 13.6. The Bertz CT molecular complexity index is 527. The summed E-state index contributed by atoms with van der Waals surface area (Å²) >= 11 is 5.08. The van der Waals surface area contributed by atoms with Crippen molar-refractivity contribution < 1.29 is 0 Å². The topological polar surface area (TPSA) is 53.6 Å². The van der Waals surface area contributed by atoms with Gasteiger partial charge in [0.05, 0.1) is 0 Å². The minimum Gasteiger partial charge on any atom is -0.313 e. The third kappa shape index (κ3) is 3.57. The van der Waals surface area contributed by atoms with Gasteiger partial charge in [0.2, 0.25) is 5.16 Å². The lowest BCUT2D eigenvalue weighted by Crippen LogP contribution is -2.12. The number of nitrogens with zero attached hydrogens (tertiary/aromatic N) is 2. The predicted octanol–water partition coefficient (Wildman–Crippen LogP) is 3.14. The quantitative estimate of drug-likeness (QED) is 0.886. The zero-order chi connectivity index (χ0) is 13.0. The van der Waals surface area contributed by atoms with E-state index in [0.29, 0.717) is 0 Å². The van der Waals surface area contributed by atoms with Crippen LogP contribution in [0.2, 0.25) is 0 Å². The smallest absolute Gasteiger partial charge is 0.213 e. The molecular weight excluding hydrogens is 312 g/mol. The molecule has 0 unspecified atom stereocenters. The van der Waals surface area contributed by atoms with E-state index in [-0.39, 0.29) is 0 Å². The molecular formula is C12H15BrN4S. The molecule has 0 aliphatic rings. The van der Waals surface area contributed by atoms with Crippen molar-refractivity contribution in [2.45, 2.75) is 30.4 Å². The Labute approximate surface area is 119 Å². The molecule has 0 fully saturated rings. The van der Waals surface area contributed by atoms with Gasteiger partial charge in [-0.3, -0.25) is 5.10 Å². The van der Waals surface area contributed by atoms with Gasteiger partial charge in [0, 0.05) is 15.9 Å². The Morgan fingerprint density at radius 3 is 2.94 bits per heavy atom. The Kier molecular flexibility index (Phi) is 4.79. The van der Waals surface area contributed by atoms with Crippen molar-refractivity contribution in [3.05, 3.63) is 34.1 Å². The van der Waals surface area contributed by atoms with Crippen LogP contribution >= 0.6 is 27.7 Å². The minimum atomic E-state index is 0.757. The molecule has 0 saturated heterocycles. The van der Waals surface area contributed by atoms with Gasteiger partial charge < -0.3 is 5.32 Å². The number of rotatable bonds is 5. The van der Waals surface area contributed by atoms with E-state index in [0.717, 1.165) is 28.5 Å². The lowest BCUT2D eigenvalue weighted by atomic mass is 10.2. The molecule has 2 aromatic rings. The lowest BCUT2D eigenvalue weighted by Gasteiger charge is -2.08. The number of hydrogen-bond donors (Lipinski definition) is 2. The van der Waals surface area contributed by atoms with E-state index >= 15 is 0 Å². The Hall–Kier alpha value is -0.850. The number of aromatic amines is 1. The summed E-state index contributed by atoms with van der Waals surface area (Å²) in [7, 11) is 0. The number of hydrogen-bond acceptors (Lipinski definition) is 4. The van der Waals surface area contributed by atoms with Crippen molar-refractivity contribution in [2.24, 2.45) is 0 Å². The summed E-state index contributed by atoms with van der Waals surface area (Å²) in [6.07, 6.45) is 0. The molecule has 0 aliphatic heterocycles. The summed E-state index contributed by atoms with van der Waals surface area (Å²) in [5.41, 5.74) is 1.25. The Morgan fingerprint density at radius 1 is 1.44 bits per heavy atom. The zero-order valence-corrected chi connectivity index (χ0v) is 12.7. The average Bonchev–Trinajstić information content (AvgIpc) is 2.75. The van der Waals surface area contributed by atoms with Gasteiger partial charge in [-0.05, 0) is 49.0 Å². The molecule has 18 heavy (non-hydrogen) atoms. The highest BCUT2D eigenvalue weighted by atomic mass is 79.9. The van der Waals surface area contributed by atoms with Crippen molar-refractivity contribution in [2.75, 3.05) is 6.54 Å². The first-order chi connectivity index (χ1) is 8.69. The van der Waals surface area contributed by atoms with Crippen LogP contribution < -0.4 is 5.32 Å². The standard InChI is InChI=1S/C12H15BrN4S/c1-3-14-7-9-6-10(13)4-5-11(9)18-12-15-8(2)16-17-12/h4-6,14H,3,7H2,1-2H3,(H,15,16,17). The lowest BCUT2D eigenvalue weighted by molar-refractivity contribution is 0.717. The van der Waals surface area contributed by atoms with Gasteiger partial charge >= 0.3 is 0 Å². The zero-order valence-electron chi connectivity index (χ0n) is 10.3. The summed E-state index contributed by atoms with van der Waals surface area (Å²) < 4.78 is 1.09. The third-order valence-electron chi connectivity index (χ3n) is 2.37. The first-order valence-electron chi connectivity index (χ1n) is 5.75. The van der Waals surface area contributed by atoms with Crippen LogP contribution in [0.4, 0.5) is 0 Å². The molecule has 96 valence electrons. The normalized spacial score (nSPS) is 10.8. The highest BCUT2D eigenvalue weighted by Gasteiger charge is 2.08. The van der Waals surface area contributed by atoms with E-state index in [9.17, 15) is 0 Å². The highest BCUT2D eigenvalue weighted by molar-refractivity contribution is 9.10. The number of benzene rings is 1. The molecule has 6 heteroatoms. The third-order valence-corrected chi connectivity index (χ3v) is 3.84. The maximum atomic E-state index is 4.31. The second kappa shape index (κ2) is 6.36. The van der Waals surface area contributed by atoms with E-state index in [2.05, 4.69) is 55.5 Å². The number of aryl methyl sites for hydroxylation is 1. The molecule has 0 radical (unpaired) electrons. The van der Waals surface area contributed by atoms with Gasteiger partial charge in [0.1, 0.15) is 5.82 Å². The molecule has 0 amide bonds. The maximum absolute atomic E-state index is 4.31. The summed E-state index contributed by atoms with van der Waals surface area (Å²) in [6, 6.07) is 6.26. The first-order valence-corrected chi connectivity index (χ1v) is 7.36. The van der Waals surface area contributed by atoms with Crippen molar-refractivity contribution in [3.63, 3.8) is 0 Å². The summed E-state index contributed by atoms with van der Waals surface area (Å²) in [4.78, 5) is 5.49. The van der Waals surface area contributed by atoms with Crippen molar-refractivity contribution in [1.82, 2.24) is 20.5 Å². The van der Waals surface area contributed by atoms with E-state index in [1.807, 2.05) is 13.0 Å². The van der Waals surface area contributed by atoms with Crippen LogP contribution in [0.1, 0.15) is 18.3 Å². The Morgan fingerprint density at radius 2 is 2.28 bits per heavy atom. The number of nitrogens with one attached hydrogen (secondary N) is 2. The van der Waals surface area contributed by atoms with Gasteiger partial charge in [0.25, 0.3) is 0 Å². The fourth-order valence-corrected chi connectivity index (χ4v) is 2.79. The van der Waals surface area contributed by atoms with Crippen LogP contribution in [-0.4, -0.2) is 21.7 Å². The van der Waals surface area contributed by atoms with Crippen LogP contribution in [-0.2, 0) is 6.54 Å². The van der Waals surface area contributed by atoms with Gasteiger partial charge in [-0.25, -0.2) is 4.98 Å². The van der Waals surface area contributed by atoms with E-state index < -0.39 is 0 Å². The van der Waals surface area contributed by atoms with E-state index in [4.69, 9.17) is 0 Å². The molecule has 1 aromatic carbocycles. The molecule has 1 aromatic heterocycles. The molecule has 0 spiro atoms. The molecule has 0 saturated carbocycles. The molecule has 2 rings (SSSR count). The highest BCUT2D eigenvalue weighted by Crippen LogP contribution is 2.30. The number of H-pyrrole nitrogens is 1. The van der Waals surface area contributed by atoms with E-state index in [1.165, 1.54) is 10.5 Å².